The maximum atomic E-state index is 11.1. The third kappa shape index (κ3) is 4.03. The summed E-state index contributed by atoms with van der Waals surface area (Å²) < 4.78 is 0. The van der Waals surface area contributed by atoms with Crippen molar-refractivity contribution in [1.82, 2.24) is 4.90 Å². The van der Waals surface area contributed by atoms with E-state index in [-0.39, 0.29) is 0 Å². The van der Waals surface area contributed by atoms with Gasteiger partial charge in [-0.3, -0.25) is 0 Å². The number of nitrogens with one attached hydrogen (secondary N) is 1. The molecule has 0 aliphatic carbocycles. The first-order chi connectivity index (χ1) is 12.6. The maximum absolute atomic E-state index is 11.1. The molecule has 0 unspecified atom stereocenters. The molecule has 4 N–H and O–H groups in total. The number of anilines is 2. The molecule has 3 rings (SSSR count). The lowest BCUT2D eigenvalue weighted by Gasteiger charge is -2.36. The number of carbonyl (C=O) groups is 1. The second-order valence-electron chi connectivity index (χ2n) is 6.21. The van der Waals surface area contributed by atoms with Crippen molar-refractivity contribution in [3.63, 3.8) is 0 Å². The molecule has 0 spiro atoms. The predicted octanol–water partition coefficient (Wildman–Crippen LogP) is 3.21. The Bertz CT molecular complexity index is 776. The van der Waals surface area contributed by atoms with E-state index in [1.54, 1.807) is 0 Å². The van der Waals surface area contributed by atoms with E-state index < -0.39 is 6.09 Å². The Hall–Kier alpha value is -2.44. The van der Waals surface area contributed by atoms with E-state index in [1.807, 2.05) is 42.5 Å². The van der Waals surface area contributed by atoms with Crippen LogP contribution in [0.15, 0.2) is 42.5 Å². The van der Waals surface area contributed by atoms with Crippen molar-refractivity contribution in [3.05, 3.63) is 58.6 Å². The zero-order chi connectivity index (χ0) is 18.5. The Kier molecular flexibility index (Phi) is 5.85. The Morgan fingerprint density at radius 2 is 1.85 bits per heavy atom. The van der Waals surface area contributed by atoms with Crippen molar-refractivity contribution >= 4 is 29.1 Å². The van der Waals surface area contributed by atoms with Gasteiger partial charge in [0, 0.05) is 61.2 Å². The van der Waals surface area contributed by atoms with Crippen molar-refractivity contribution in [2.24, 2.45) is 5.73 Å². The number of nitrogens with two attached hydrogens (primary N) is 1. The molecule has 2 aromatic carbocycles. The smallest absolute Gasteiger partial charge is 0.407 e. The topological polar surface area (TPSA) is 81.8 Å². The van der Waals surface area contributed by atoms with Crippen molar-refractivity contribution < 1.29 is 9.90 Å². The normalized spacial score (nSPS) is 14.4. The zero-order valence-electron chi connectivity index (χ0n) is 14.5. The second-order valence-corrected chi connectivity index (χ2v) is 6.62. The summed E-state index contributed by atoms with van der Waals surface area (Å²) in [6, 6.07) is 13.8. The third-order valence-electron chi connectivity index (χ3n) is 4.67. The number of piperazine rings is 1. The molecule has 138 valence electrons. The molecule has 0 saturated carbocycles. The van der Waals surface area contributed by atoms with Gasteiger partial charge in [-0.15, -0.1) is 0 Å². The van der Waals surface area contributed by atoms with Gasteiger partial charge in [-0.05, 0) is 23.8 Å². The standard InChI is InChI=1S/C19H23ClN4O2/c20-16-5-2-1-4-14(16)13-22-17-6-3-7-18(15(17)12-21)23-8-10-24(11-9-23)19(25)26/h1-7,22H,8-13,21H2,(H,25,26). The van der Waals surface area contributed by atoms with Crippen LogP contribution < -0.4 is 16.0 Å². The summed E-state index contributed by atoms with van der Waals surface area (Å²) in [7, 11) is 0. The van der Waals surface area contributed by atoms with E-state index in [0.29, 0.717) is 39.3 Å². The molecular weight excluding hydrogens is 352 g/mol. The van der Waals surface area contributed by atoms with Gasteiger partial charge in [0.15, 0.2) is 0 Å². The highest BCUT2D eigenvalue weighted by atomic mass is 35.5. The molecule has 6 nitrogen and oxygen atoms in total. The highest BCUT2D eigenvalue weighted by Gasteiger charge is 2.22. The van der Waals surface area contributed by atoms with Gasteiger partial charge in [0.25, 0.3) is 0 Å². The van der Waals surface area contributed by atoms with E-state index in [2.05, 4.69) is 10.2 Å². The molecule has 7 heteroatoms. The van der Waals surface area contributed by atoms with Crippen LogP contribution >= 0.6 is 11.6 Å². The Morgan fingerprint density at radius 1 is 1.12 bits per heavy atom. The van der Waals surface area contributed by atoms with E-state index >= 15 is 0 Å². The number of halogens is 1. The van der Waals surface area contributed by atoms with Crippen LogP contribution in [-0.4, -0.2) is 42.3 Å². The van der Waals surface area contributed by atoms with Gasteiger partial charge in [0.1, 0.15) is 0 Å². The molecule has 0 bridgehead atoms. The fraction of sp³-hybridized carbons (Fsp3) is 0.316. The van der Waals surface area contributed by atoms with E-state index in [0.717, 1.165) is 27.5 Å². The number of hydrogen-bond acceptors (Lipinski definition) is 4. The third-order valence-corrected chi connectivity index (χ3v) is 5.04. The quantitative estimate of drug-likeness (QED) is 0.748. The Labute approximate surface area is 158 Å². The van der Waals surface area contributed by atoms with Gasteiger partial charge in [-0.25, -0.2) is 4.79 Å². The van der Waals surface area contributed by atoms with Crippen molar-refractivity contribution in [2.45, 2.75) is 13.1 Å². The van der Waals surface area contributed by atoms with Crippen molar-refractivity contribution in [2.75, 3.05) is 36.4 Å². The number of benzene rings is 2. The molecular formula is C19H23ClN4O2. The highest BCUT2D eigenvalue weighted by molar-refractivity contribution is 6.31. The van der Waals surface area contributed by atoms with Crippen LogP contribution in [0.25, 0.3) is 0 Å². The first-order valence-electron chi connectivity index (χ1n) is 8.62. The fourth-order valence-electron chi connectivity index (χ4n) is 3.22. The molecule has 1 aliphatic heterocycles. The molecule has 26 heavy (non-hydrogen) atoms. The number of carboxylic acid groups (broad SMARTS) is 1. The van der Waals surface area contributed by atoms with Crippen LogP contribution in [0.5, 0.6) is 0 Å². The minimum absolute atomic E-state index is 0.403. The van der Waals surface area contributed by atoms with Crippen molar-refractivity contribution in [1.29, 1.82) is 0 Å². The summed E-state index contributed by atoms with van der Waals surface area (Å²) >= 11 is 6.23. The lowest BCUT2D eigenvalue weighted by molar-refractivity contribution is 0.142. The largest absolute Gasteiger partial charge is 0.465 e. The average molecular weight is 375 g/mol. The molecule has 1 saturated heterocycles. The zero-order valence-corrected chi connectivity index (χ0v) is 15.2. The number of amides is 1. The molecule has 1 amide bonds. The lowest BCUT2D eigenvalue weighted by atomic mass is 10.1. The van der Waals surface area contributed by atoms with Gasteiger partial charge >= 0.3 is 6.09 Å². The van der Waals surface area contributed by atoms with Gasteiger partial charge in [0.2, 0.25) is 0 Å². The molecule has 0 atom stereocenters. The summed E-state index contributed by atoms with van der Waals surface area (Å²) in [4.78, 5) is 14.7. The van der Waals surface area contributed by atoms with Crippen LogP contribution in [-0.2, 0) is 13.1 Å². The highest BCUT2D eigenvalue weighted by Crippen LogP contribution is 2.29. The monoisotopic (exact) mass is 374 g/mol. The summed E-state index contributed by atoms with van der Waals surface area (Å²) in [5.74, 6) is 0. The molecule has 1 heterocycles. The number of hydrogen-bond donors (Lipinski definition) is 3. The van der Waals surface area contributed by atoms with Crippen LogP contribution in [0.2, 0.25) is 5.02 Å². The molecule has 0 radical (unpaired) electrons. The Balaban J connectivity index is 1.75. The lowest BCUT2D eigenvalue weighted by Crippen LogP contribution is -2.48. The first-order valence-corrected chi connectivity index (χ1v) is 9.00. The molecule has 2 aromatic rings. The summed E-state index contributed by atoms with van der Waals surface area (Å²) in [5, 5.41) is 13.3. The summed E-state index contributed by atoms with van der Waals surface area (Å²) in [6.45, 7) is 3.33. The van der Waals surface area contributed by atoms with E-state index in [9.17, 15) is 4.79 Å². The minimum atomic E-state index is -0.862. The Morgan fingerprint density at radius 3 is 2.50 bits per heavy atom. The van der Waals surface area contributed by atoms with Crippen LogP contribution in [0.4, 0.5) is 16.2 Å². The first kappa shape index (κ1) is 18.4. The van der Waals surface area contributed by atoms with Crippen LogP contribution in [0.1, 0.15) is 11.1 Å². The van der Waals surface area contributed by atoms with E-state index in [1.165, 1.54) is 4.90 Å². The summed E-state index contributed by atoms with van der Waals surface area (Å²) in [6.07, 6.45) is -0.862. The SMILES string of the molecule is NCc1c(NCc2ccccc2Cl)cccc1N1CCN(C(=O)O)CC1. The predicted molar refractivity (Wildman–Crippen MR) is 105 cm³/mol. The van der Waals surface area contributed by atoms with Gasteiger partial charge in [-0.1, -0.05) is 35.9 Å². The van der Waals surface area contributed by atoms with Crippen molar-refractivity contribution in [3.8, 4) is 0 Å². The second kappa shape index (κ2) is 8.29. The minimum Gasteiger partial charge on any atom is -0.465 e. The molecule has 1 aliphatic rings. The number of nitrogens with zero attached hydrogens (tertiary/aromatic N) is 2. The van der Waals surface area contributed by atoms with Gasteiger partial charge < -0.3 is 26.0 Å². The van der Waals surface area contributed by atoms with Gasteiger partial charge in [-0.2, -0.15) is 0 Å². The number of rotatable bonds is 5. The van der Waals surface area contributed by atoms with Gasteiger partial charge in [0.05, 0.1) is 0 Å². The molecule has 1 fully saturated rings. The summed E-state index contributed by atoms with van der Waals surface area (Å²) in [5.41, 5.74) is 10.1. The maximum Gasteiger partial charge on any atom is 0.407 e. The average Bonchev–Trinajstić information content (AvgIpc) is 2.67. The van der Waals surface area contributed by atoms with Crippen LogP contribution in [0, 0.1) is 0 Å². The van der Waals surface area contributed by atoms with Crippen LogP contribution in [0.3, 0.4) is 0 Å². The fourth-order valence-corrected chi connectivity index (χ4v) is 3.42. The molecule has 0 aromatic heterocycles. The van der Waals surface area contributed by atoms with E-state index in [4.69, 9.17) is 22.4 Å².